The van der Waals surface area contributed by atoms with E-state index in [1.807, 2.05) is 4.90 Å². The highest BCUT2D eigenvalue weighted by atomic mass is 16.4. The molecule has 1 aliphatic carbocycles. The molecular weight excluding hydrogens is 332 g/mol. The summed E-state index contributed by atoms with van der Waals surface area (Å²) in [6.07, 6.45) is 3.46. The summed E-state index contributed by atoms with van der Waals surface area (Å²) in [6.45, 7) is 3.68. The molecule has 2 aliphatic rings. The predicted molar refractivity (Wildman–Crippen MR) is 97.8 cm³/mol. The molecule has 1 saturated heterocycles. The number of likely N-dealkylation sites (tertiary alicyclic amines) is 1. The summed E-state index contributed by atoms with van der Waals surface area (Å²) in [5, 5.41) is 12.0. The standard InChI is InChI=1S/C20H26N2O4/c1-13-8-10-22(11-9-13)19(24)16-4-2-3-5-17(16)21-18(23)14-6-7-15(12-14)20(25)26/h2-5,13-15H,6-12H2,1H3,(H,21,23)(H,25,26)/t14-,15+/m1/s1. The first-order valence-electron chi connectivity index (χ1n) is 9.37. The van der Waals surface area contributed by atoms with Gasteiger partial charge in [0.2, 0.25) is 5.91 Å². The van der Waals surface area contributed by atoms with E-state index in [1.54, 1.807) is 24.3 Å². The Kier molecular flexibility index (Phi) is 5.59. The molecule has 0 bridgehead atoms. The number of anilines is 1. The van der Waals surface area contributed by atoms with E-state index in [0.29, 0.717) is 36.4 Å². The zero-order valence-electron chi connectivity index (χ0n) is 15.1. The van der Waals surface area contributed by atoms with Gasteiger partial charge >= 0.3 is 5.97 Å². The van der Waals surface area contributed by atoms with Crippen LogP contribution in [0.4, 0.5) is 5.69 Å². The topological polar surface area (TPSA) is 86.7 Å². The van der Waals surface area contributed by atoms with Gasteiger partial charge < -0.3 is 15.3 Å². The number of hydrogen-bond donors (Lipinski definition) is 2. The van der Waals surface area contributed by atoms with Gasteiger partial charge in [0.15, 0.2) is 0 Å². The van der Waals surface area contributed by atoms with Crippen LogP contribution in [-0.4, -0.2) is 40.9 Å². The summed E-state index contributed by atoms with van der Waals surface area (Å²) >= 11 is 0. The number of hydrogen-bond acceptors (Lipinski definition) is 3. The second kappa shape index (κ2) is 7.89. The number of carboxylic acids is 1. The van der Waals surface area contributed by atoms with E-state index >= 15 is 0 Å². The first kappa shape index (κ1) is 18.4. The van der Waals surface area contributed by atoms with Crippen LogP contribution in [0.5, 0.6) is 0 Å². The number of aliphatic carboxylic acids is 1. The average Bonchev–Trinajstić information content (AvgIpc) is 3.13. The Bertz CT molecular complexity index is 695. The number of para-hydroxylation sites is 1. The van der Waals surface area contributed by atoms with Crippen molar-refractivity contribution < 1.29 is 19.5 Å². The van der Waals surface area contributed by atoms with Crippen molar-refractivity contribution >= 4 is 23.5 Å². The molecule has 0 unspecified atom stereocenters. The lowest BCUT2D eigenvalue weighted by atomic mass is 9.98. The van der Waals surface area contributed by atoms with E-state index in [4.69, 9.17) is 5.11 Å². The fraction of sp³-hybridized carbons (Fsp3) is 0.550. The predicted octanol–water partition coefficient (Wildman–Crippen LogP) is 3.00. The molecule has 1 aliphatic heterocycles. The first-order chi connectivity index (χ1) is 12.5. The highest BCUT2D eigenvalue weighted by Gasteiger charge is 2.34. The molecule has 26 heavy (non-hydrogen) atoms. The molecule has 3 rings (SSSR count). The molecule has 1 heterocycles. The van der Waals surface area contributed by atoms with Gasteiger partial charge in [-0.1, -0.05) is 19.1 Å². The first-order valence-corrected chi connectivity index (χ1v) is 9.37. The van der Waals surface area contributed by atoms with Crippen LogP contribution < -0.4 is 5.32 Å². The minimum Gasteiger partial charge on any atom is -0.481 e. The number of carbonyl (C=O) groups is 3. The van der Waals surface area contributed by atoms with Crippen LogP contribution in [-0.2, 0) is 9.59 Å². The number of piperidine rings is 1. The normalized spacial score (nSPS) is 23.7. The molecular formula is C20H26N2O4. The van der Waals surface area contributed by atoms with Crippen molar-refractivity contribution in [3.05, 3.63) is 29.8 Å². The number of carbonyl (C=O) groups excluding carboxylic acids is 2. The van der Waals surface area contributed by atoms with Crippen molar-refractivity contribution in [1.82, 2.24) is 4.90 Å². The van der Waals surface area contributed by atoms with E-state index in [9.17, 15) is 14.4 Å². The summed E-state index contributed by atoms with van der Waals surface area (Å²) in [7, 11) is 0. The monoisotopic (exact) mass is 358 g/mol. The van der Waals surface area contributed by atoms with Gasteiger partial charge in [0.1, 0.15) is 0 Å². The van der Waals surface area contributed by atoms with Gasteiger partial charge in [-0.05, 0) is 50.2 Å². The summed E-state index contributed by atoms with van der Waals surface area (Å²) in [5.41, 5.74) is 1.02. The number of carboxylic acid groups (broad SMARTS) is 1. The third kappa shape index (κ3) is 4.06. The zero-order valence-corrected chi connectivity index (χ0v) is 15.1. The summed E-state index contributed by atoms with van der Waals surface area (Å²) in [6, 6.07) is 7.07. The second-order valence-corrected chi connectivity index (χ2v) is 7.55. The molecule has 0 aromatic heterocycles. The Morgan fingerprint density at radius 3 is 2.35 bits per heavy atom. The molecule has 140 valence electrons. The Hall–Kier alpha value is -2.37. The van der Waals surface area contributed by atoms with E-state index in [1.165, 1.54) is 0 Å². The fourth-order valence-corrected chi connectivity index (χ4v) is 3.84. The lowest BCUT2D eigenvalue weighted by Gasteiger charge is -2.31. The van der Waals surface area contributed by atoms with Crippen LogP contribution in [0.2, 0.25) is 0 Å². The quantitative estimate of drug-likeness (QED) is 0.866. The number of nitrogens with one attached hydrogen (secondary N) is 1. The molecule has 2 amide bonds. The van der Waals surface area contributed by atoms with E-state index in [0.717, 1.165) is 25.9 Å². The van der Waals surface area contributed by atoms with Crippen molar-refractivity contribution in [3.63, 3.8) is 0 Å². The summed E-state index contributed by atoms with van der Waals surface area (Å²) < 4.78 is 0. The maximum atomic E-state index is 12.9. The minimum absolute atomic E-state index is 0.0531. The Morgan fingerprint density at radius 1 is 1.04 bits per heavy atom. The van der Waals surface area contributed by atoms with E-state index in [-0.39, 0.29) is 17.7 Å². The van der Waals surface area contributed by atoms with Crippen LogP contribution >= 0.6 is 0 Å². The third-order valence-corrected chi connectivity index (χ3v) is 5.64. The fourth-order valence-electron chi connectivity index (χ4n) is 3.84. The summed E-state index contributed by atoms with van der Waals surface area (Å²) in [4.78, 5) is 38.4. The molecule has 1 aromatic carbocycles. The molecule has 1 saturated carbocycles. The van der Waals surface area contributed by atoms with Gasteiger partial charge in [0.05, 0.1) is 17.2 Å². The lowest BCUT2D eigenvalue weighted by Crippen LogP contribution is -2.38. The minimum atomic E-state index is -0.838. The van der Waals surface area contributed by atoms with Crippen LogP contribution in [0.25, 0.3) is 0 Å². The van der Waals surface area contributed by atoms with Gasteiger partial charge in [-0.25, -0.2) is 0 Å². The molecule has 6 heteroatoms. The largest absolute Gasteiger partial charge is 0.481 e. The van der Waals surface area contributed by atoms with E-state index < -0.39 is 11.9 Å². The molecule has 2 atom stereocenters. The SMILES string of the molecule is CC1CCN(C(=O)c2ccccc2NC(=O)[C@@H]2CC[C@H](C(=O)O)C2)CC1. The Balaban J connectivity index is 1.68. The van der Waals surface area contributed by atoms with Crippen LogP contribution in [0.1, 0.15) is 49.4 Å². The molecule has 6 nitrogen and oxygen atoms in total. The highest BCUT2D eigenvalue weighted by Crippen LogP contribution is 2.32. The van der Waals surface area contributed by atoms with Gasteiger partial charge in [-0.15, -0.1) is 0 Å². The van der Waals surface area contributed by atoms with Crippen LogP contribution in [0.3, 0.4) is 0 Å². The van der Waals surface area contributed by atoms with Crippen molar-refractivity contribution in [2.45, 2.75) is 39.0 Å². The maximum absolute atomic E-state index is 12.9. The van der Waals surface area contributed by atoms with E-state index in [2.05, 4.69) is 12.2 Å². The number of nitrogens with zero attached hydrogens (tertiary/aromatic N) is 1. The smallest absolute Gasteiger partial charge is 0.306 e. The second-order valence-electron chi connectivity index (χ2n) is 7.55. The molecule has 2 N–H and O–H groups in total. The molecule has 0 radical (unpaired) electrons. The Morgan fingerprint density at radius 2 is 1.69 bits per heavy atom. The highest BCUT2D eigenvalue weighted by molar-refractivity contribution is 6.04. The number of rotatable bonds is 4. The van der Waals surface area contributed by atoms with Crippen molar-refractivity contribution in [3.8, 4) is 0 Å². The molecule has 0 spiro atoms. The van der Waals surface area contributed by atoms with Crippen LogP contribution in [0, 0.1) is 17.8 Å². The maximum Gasteiger partial charge on any atom is 0.306 e. The van der Waals surface area contributed by atoms with Crippen molar-refractivity contribution in [1.29, 1.82) is 0 Å². The van der Waals surface area contributed by atoms with Crippen molar-refractivity contribution in [2.24, 2.45) is 17.8 Å². The number of amides is 2. The van der Waals surface area contributed by atoms with Crippen molar-refractivity contribution in [2.75, 3.05) is 18.4 Å². The van der Waals surface area contributed by atoms with Gasteiger partial charge in [0, 0.05) is 19.0 Å². The van der Waals surface area contributed by atoms with Gasteiger partial charge in [-0.3, -0.25) is 14.4 Å². The molecule has 1 aromatic rings. The third-order valence-electron chi connectivity index (χ3n) is 5.64. The Labute approximate surface area is 153 Å². The number of benzene rings is 1. The zero-order chi connectivity index (χ0) is 18.7. The van der Waals surface area contributed by atoms with Crippen LogP contribution in [0.15, 0.2) is 24.3 Å². The summed E-state index contributed by atoms with van der Waals surface area (Å²) in [5.74, 6) is -1.20. The average molecular weight is 358 g/mol. The lowest BCUT2D eigenvalue weighted by molar-refractivity contribution is -0.141. The van der Waals surface area contributed by atoms with Gasteiger partial charge in [0.25, 0.3) is 5.91 Å². The van der Waals surface area contributed by atoms with Gasteiger partial charge in [-0.2, -0.15) is 0 Å². The molecule has 2 fully saturated rings.